The highest BCUT2D eigenvalue weighted by Gasteiger charge is 2.38. The Balaban J connectivity index is 1.88. The second-order valence-corrected chi connectivity index (χ2v) is 6.14. The maximum absolute atomic E-state index is 12.9. The van der Waals surface area contributed by atoms with E-state index in [1.54, 1.807) is 14.0 Å². The van der Waals surface area contributed by atoms with Crippen LogP contribution in [0, 0.1) is 6.92 Å². The van der Waals surface area contributed by atoms with E-state index in [1.807, 2.05) is 30.3 Å². The van der Waals surface area contributed by atoms with E-state index >= 15 is 0 Å². The number of carbonyl (C=O) groups excluding carboxylic acids is 2. The van der Waals surface area contributed by atoms with Gasteiger partial charge in [-0.1, -0.05) is 30.3 Å². The van der Waals surface area contributed by atoms with Crippen LogP contribution in [0.2, 0.25) is 0 Å². The zero-order chi connectivity index (χ0) is 18.0. The molecule has 1 aromatic carbocycles. The van der Waals surface area contributed by atoms with Gasteiger partial charge in [0, 0.05) is 31.4 Å². The van der Waals surface area contributed by atoms with Crippen LogP contribution in [0.3, 0.4) is 0 Å². The molecule has 0 spiro atoms. The molecule has 25 heavy (non-hydrogen) atoms. The summed E-state index contributed by atoms with van der Waals surface area (Å²) in [5.74, 6) is 0.0927. The molecule has 0 saturated carbocycles. The van der Waals surface area contributed by atoms with E-state index in [9.17, 15) is 9.59 Å². The van der Waals surface area contributed by atoms with Gasteiger partial charge in [-0.15, -0.1) is 0 Å². The van der Waals surface area contributed by atoms with Crippen LogP contribution in [0.4, 0.5) is 0 Å². The van der Waals surface area contributed by atoms with Crippen molar-refractivity contribution in [2.24, 2.45) is 5.73 Å². The summed E-state index contributed by atoms with van der Waals surface area (Å²) < 4.78 is 0. The number of nitrogens with one attached hydrogen (secondary N) is 1. The molecular formula is C18H21N5O2. The molecule has 1 fully saturated rings. The van der Waals surface area contributed by atoms with Gasteiger partial charge in [-0.25, -0.2) is 9.97 Å². The Morgan fingerprint density at radius 1 is 1.28 bits per heavy atom. The molecule has 0 bridgehead atoms. The number of hydrogen-bond donors (Lipinski definition) is 2. The Kier molecular flexibility index (Phi) is 4.76. The molecule has 3 N–H and O–H groups in total. The number of likely N-dealkylation sites (tertiary alicyclic amines) is 1. The topological polar surface area (TPSA) is 101 Å². The van der Waals surface area contributed by atoms with Gasteiger partial charge in [0.25, 0.3) is 5.91 Å². The van der Waals surface area contributed by atoms with Crippen molar-refractivity contribution in [3.05, 3.63) is 47.8 Å². The normalized spacial score (nSPS) is 19.7. The molecule has 1 aliphatic rings. The summed E-state index contributed by atoms with van der Waals surface area (Å²) >= 11 is 0. The number of rotatable bonds is 3. The Labute approximate surface area is 146 Å². The molecule has 2 aromatic rings. The van der Waals surface area contributed by atoms with Crippen LogP contribution in [0.1, 0.15) is 22.5 Å². The van der Waals surface area contributed by atoms with E-state index in [0.29, 0.717) is 30.0 Å². The molecule has 2 amide bonds. The van der Waals surface area contributed by atoms with Gasteiger partial charge in [0.2, 0.25) is 5.91 Å². The van der Waals surface area contributed by atoms with Gasteiger partial charge in [0.05, 0.1) is 11.3 Å². The van der Waals surface area contributed by atoms with Crippen molar-refractivity contribution in [1.29, 1.82) is 0 Å². The number of carbonyl (C=O) groups is 2. The van der Waals surface area contributed by atoms with Crippen molar-refractivity contribution in [3.63, 3.8) is 0 Å². The van der Waals surface area contributed by atoms with Gasteiger partial charge in [-0.05, 0) is 13.3 Å². The molecule has 0 unspecified atom stereocenters. The number of nitrogens with zero attached hydrogens (tertiary/aromatic N) is 3. The standard InChI is InChI=1S/C18H21N5O2/c1-11-14(9-21-16(22-11)12-6-4-3-5-7-12)18(25)23-10-13(19)8-15(23)17(24)20-2/h3-7,9,13,15H,8,10,19H2,1-2H3,(H,20,24)/t13-,15+/m1/s1. The van der Waals surface area contributed by atoms with Crippen LogP contribution in [-0.4, -0.2) is 52.4 Å². The van der Waals surface area contributed by atoms with Crippen molar-refractivity contribution >= 4 is 11.8 Å². The van der Waals surface area contributed by atoms with Crippen molar-refractivity contribution in [3.8, 4) is 11.4 Å². The lowest BCUT2D eigenvalue weighted by molar-refractivity contribution is -0.124. The SMILES string of the molecule is CNC(=O)[C@@H]1C[C@@H](N)CN1C(=O)c1cnc(-c2ccccc2)nc1C. The highest BCUT2D eigenvalue weighted by molar-refractivity contribution is 5.98. The molecule has 7 heteroatoms. The molecule has 7 nitrogen and oxygen atoms in total. The lowest BCUT2D eigenvalue weighted by atomic mass is 10.1. The molecule has 1 saturated heterocycles. The summed E-state index contributed by atoms with van der Waals surface area (Å²) in [6.07, 6.45) is 1.98. The second kappa shape index (κ2) is 6.98. The third-order valence-corrected chi connectivity index (χ3v) is 4.39. The van der Waals surface area contributed by atoms with E-state index in [1.165, 1.54) is 11.1 Å². The van der Waals surface area contributed by atoms with Crippen LogP contribution in [-0.2, 0) is 4.79 Å². The summed E-state index contributed by atoms with van der Waals surface area (Å²) in [5, 5.41) is 2.59. The molecule has 130 valence electrons. The lowest BCUT2D eigenvalue weighted by Crippen LogP contribution is -2.45. The number of hydrogen-bond acceptors (Lipinski definition) is 5. The van der Waals surface area contributed by atoms with E-state index in [4.69, 9.17) is 5.73 Å². The predicted molar refractivity (Wildman–Crippen MR) is 93.7 cm³/mol. The fraction of sp³-hybridized carbons (Fsp3) is 0.333. The average Bonchev–Trinajstić information content (AvgIpc) is 3.03. The molecule has 1 aliphatic heterocycles. The monoisotopic (exact) mass is 339 g/mol. The number of aryl methyl sites for hydroxylation is 1. The van der Waals surface area contributed by atoms with Gasteiger partial charge in [0.1, 0.15) is 6.04 Å². The number of nitrogens with two attached hydrogens (primary N) is 1. The van der Waals surface area contributed by atoms with E-state index in [2.05, 4.69) is 15.3 Å². The van der Waals surface area contributed by atoms with Crippen LogP contribution in [0.15, 0.2) is 36.5 Å². The Morgan fingerprint density at radius 2 is 2.00 bits per heavy atom. The quantitative estimate of drug-likeness (QED) is 0.859. The minimum absolute atomic E-state index is 0.208. The highest BCUT2D eigenvalue weighted by atomic mass is 16.2. The van der Waals surface area contributed by atoms with Gasteiger partial charge < -0.3 is 16.0 Å². The summed E-state index contributed by atoms with van der Waals surface area (Å²) in [7, 11) is 1.55. The van der Waals surface area contributed by atoms with E-state index in [0.717, 1.165) is 5.56 Å². The zero-order valence-electron chi connectivity index (χ0n) is 14.3. The Bertz CT molecular complexity index is 793. The number of benzene rings is 1. The third kappa shape index (κ3) is 3.36. The smallest absolute Gasteiger partial charge is 0.258 e. The van der Waals surface area contributed by atoms with Crippen LogP contribution in [0.25, 0.3) is 11.4 Å². The first kappa shape index (κ1) is 17.0. The zero-order valence-corrected chi connectivity index (χ0v) is 14.3. The molecule has 2 atom stereocenters. The van der Waals surface area contributed by atoms with Crippen molar-refractivity contribution in [1.82, 2.24) is 20.2 Å². The fourth-order valence-electron chi connectivity index (χ4n) is 3.07. The Morgan fingerprint density at radius 3 is 2.64 bits per heavy atom. The summed E-state index contributed by atoms with van der Waals surface area (Å²) in [5.41, 5.74) is 7.81. The van der Waals surface area contributed by atoms with Gasteiger partial charge in [-0.2, -0.15) is 0 Å². The van der Waals surface area contributed by atoms with Crippen LogP contribution >= 0.6 is 0 Å². The lowest BCUT2D eigenvalue weighted by Gasteiger charge is -2.23. The molecule has 0 radical (unpaired) electrons. The second-order valence-electron chi connectivity index (χ2n) is 6.14. The van der Waals surface area contributed by atoms with Gasteiger partial charge in [0.15, 0.2) is 5.82 Å². The van der Waals surface area contributed by atoms with Crippen molar-refractivity contribution in [2.75, 3.05) is 13.6 Å². The minimum Gasteiger partial charge on any atom is -0.357 e. The first-order chi connectivity index (χ1) is 12.0. The van der Waals surface area contributed by atoms with Gasteiger partial charge >= 0.3 is 0 Å². The number of aromatic nitrogens is 2. The van der Waals surface area contributed by atoms with Gasteiger partial charge in [-0.3, -0.25) is 9.59 Å². The van der Waals surface area contributed by atoms with Crippen molar-refractivity contribution in [2.45, 2.75) is 25.4 Å². The van der Waals surface area contributed by atoms with E-state index < -0.39 is 6.04 Å². The maximum atomic E-state index is 12.9. The third-order valence-electron chi connectivity index (χ3n) is 4.39. The molecule has 1 aromatic heterocycles. The minimum atomic E-state index is -0.555. The van der Waals surface area contributed by atoms with Crippen molar-refractivity contribution < 1.29 is 9.59 Å². The summed E-state index contributed by atoms with van der Waals surface area (Å²) in [6, 6.07) is 8.80. The molecular weight excluding hydrogens is 318 g/mol. The fourth-order valence-corrected chi connectivity index (χ4v) is 3.07. The summed E-state index contributed by atoms with van der Waals surface area (Å²) in [4.78, 5) is 35.2. The predicted octanol–water partition coefficient (Wildman–Crippen LogP) is 0.740. The van der Waals surface area contributed by atoms with Crippen LogP contribution in [0.5, 0.6) is 0 Å². The average molecular weight is 339 g/mol. The molecule has 2 heterocycles. The van der Waals surface area contributed by atoms with E-state index in [-0.39, 0.29) is 17.9 Å². The molecule has 0 aliphatic carbocycles. The number of amides is 2. The first-order valence-corrected chi connectivity index (χ1v) is 8.18. The number of likely N-dealkylation sites (N-methyl/N-ethyl adjacent to an activating group) is 1. The summed E-state index contributed by atoms with van der Waals surface area (Å²) in [6.45, 7) is 2.11. The van der Waals surface area contributed by atoms with Crippen LogP contribution < -0.4 is 11.1 Å². The largest absolute Gasteiger partial charge is 0.357 e. The maximum Gasteiger partial charge on any atom is 0.258 e. The first-order valence-electron chi connectivity index (χ1n) is 8.18. The Hall–Kier alpha value is -2.80. The molecule has 3 rings (SSSR count). The highest BCUT2D eigenvalue weighted by Crippen LogP contribution is 2.22.